The van der Waals surface area contributed by atoms with Crippen molar-refractivity contribution in [3.05, 3.63) is 48.3 Å². The molecule has 0 atom stereocenters. The van der Waals surface area contributed by atoms with Crippen LogP contribution in [0.2, 0.25) is 0 Å². The number of hydrogen-bond donors (Lipinski definition) is 0. The fourth-order valence-corrected chi connectivity index (χ4v) is 1.03. The zero-order valence-corrected chi connectivity index (χ0v) is 8.51. The summed E-state index contributed by atoms with van der Waals surface area (Å²) in [4.78, 5) is 6.85. The topological polar surface area (TPSA) is 44.2 Å². The van der Waals surface area contributed by atoms with Crippen LogP contribution in [0.1, 0.15) is 0 Å². The van der Waals surface area contributed by atoms with Gasteiger partial charge in [-0.25, -0.2) is 0 Å². The first kappa shape index (κ1) is 11.3. The predicted octanol–water partition coefficient (Wildman–Crippen LogP) is 1.75. The van der Waals surface area contributed by atoms with Gasteiger partial charge in [0.05, 0.1) is 0 Å². The number of rotatable bonds is 4. The maximum Gasteiger partial charge on any atom is 0.660 e. The standard InChI is InChI=1S/C10H6BF2N2O2/c12-7-3-1-5-9(14-7)16-11-17-10-6-2-4-8(13)15-10/h1-6H. The molecule has 2 aromatic heterocycles. The number of halogens is 2. The first-order chi connectivity index (χ1) is 8.24. The second-order valence-corrected chi connectivity index (χ2v) is 2.93. The van der Waals surface area contributed by atoms with E-state index in [1.807, 2.05) is 0 Å². The molecule has 0 amide bonds. The van der Waals surface area contributed by atoms with Gasteiger partial charge in [0.25, 0.3) is 0 Å². The van der Waals surface area contributed by atoms with E-state index in [-0.39, 0.29) is 11.8 Å². The van der Waals surface area contributed by atoms with Gasteiger partial charge in [0.15, 0.2) is 11.8 Å². The van der Waals surface area contributed by atoms with Gasteiger partial charge < -0.3 is 9.31 Å². The van der Waals surface area contributed by atoms with Gasteiger partial charge in [-0.15, -0.1) is 0 Å². The lowest BCUT2D eigenvalue weighted by atomic mass is 10.3. The van der Waals surface area contributed by atoms with Crippen molar-refractivity contribution in [3.63, 3.8) is 0 Å². The lowest BCUT2D eigenvalue weighted by Crippen LogP contribution is -2.12. The Morgan fingerprint density at radius 1 is 0.824 bits per heavy atom. The molecule has 4 nitrogen and oxygen atoms in total. The molecule has 2 heterocycles. The Bertz CT molecular complexity index is 468. The minimum atomic E-state index is -0.667. The molecule has 0 aromatic carbocycles. The van der Waals surface area contributed by atoms with E-state index in [2.05, 4.69) is 9.97 Å². The number of pyridine rings is 2. The lowest BCUT2D eigenvalue weighted by Gasteiger charge is -2.04. The fourth-order valence-electron chi connectivity index (χ4n) is 1.03. The highest BCUT2D eigenvalue weighted by atomic mass is 19.1. The van der Waals surface area contributed by atoms with Crippen LogP contribution >= 0.6 is 0 Å². The van der Waals surface area contributed by atoms with Crippen LogP contribution < -0.4 is 9.31 Å². The van der Waals surface area contributed by atoms with Crippen LogP contribution in [0.15, 0.2) is 36.4 Å². The van der Waals surface area contributed by atoms with Crippen molar-refractivity contribution >= 4 is 7.69 Å². The van der Waals surface area contributed by atoms with Crippen LogP contribution in [-0.2, 0) is 0 Å². The molecule has 0 unspecified atom stereocenters. The van der Waals surface area contributed by atoms with Gasteiger partial charge in [0.2, 0.25) is 11.9 Å². The van der Waals surface area contributed by atoms with Crippen molar-refractivity contribution in [2.24, 2.45) is 0 Å². The van der Waals surface area contributed by atoms with Crippen molar-refractivity contribution < 1.29 is 18.1 Å². The predicted molar refractivity (Wildman–Crippen MR) is 55.4 cm³/mol. The van der Waals surface area contributed by atoms with Crippen molar-refractivity contribution in [1.82, 2.24) is 9.97 Å². The Kier molecular flexibility index (Phi) is 3.49. The second-order valence-electron chi connectivity index (χ2n) is 2.93. The van der Waals surface area contributed by atoms with Crippen LogP contribution in [0.4, 0.5) is 8.78 Å². The third kappa shape index (κ3) is 3.41. The Hall–Kier alpha value is -2.18. The molecule has 0 bridgehead atoms. The Morgan fingerprint density at radius 3 is 1.71 bits per heavy atom. The van der Waals surface area contributed by atoms with Crippen LogP contribution in [0.3, 0.4) is 0 Å². The lowest BCUT2D eigenvalue weighted by molar-refractivity contribution is 0.424. The van der Waals surface area contributed by atoms with Crippen LogP contribution in [0.25, 0.3) is 0 Å². The fraction of sp³-hybridized carbons (Fsp3) is 0. The average Bonchev–Trinajstić information content (AvgIpc) is 2.29. The van der Waals surface area contributed by atoms with E-state index < -0.39 is 11.9 Å². The summed E-state index contributed by atoms with van der Waals surface area (Å²) >= 11 is 0. The Labute approximate surface area is 96.5 Å². The van der Waals surface area contributed by atoms with E-state index in [0.29, 0.717) is 0 Å². The van der Waals surface area contributed by atoms with E-state index in [1.54, 1.807) is 0 Å². The molecular weight excluding hydrogens is 229 g/mol. The van der Waals surface area contributed by atoms with Gasteiger partial charge in [-0.1, -0.05) is 12.1 Å². The van der Waals surface area contributed by atoms with Gasteiger partial charge in [0.1, 0.15) is 0 Å². The zero-order valence-electron chi connectivity index (χ0n) is 8.51. The summed E-state index contributed by atoms with van der Waals surface area (Å²) < 4.78 is 35.1. The van der Waals surface area contributed by atoms with Gasteiger partial charge >= 0.3 is 7.69 Å². The molecule has 0 aliphatic carbocycles. The Morgan fingerprint density at radius 2 is 1.29 bits per heavy atom. The van der Waals surface area contributed by atoms with Gasteiger partial charge in [-0.2, -0.15) is 18.7 Å². The van der Waals surface area contributed by atoms with Crippen molar-refractivity contribution in [2.75, 3.05) is 0 Å². The van der Waals surface area contributed by atoms with E-state index >= 15 is 0 Å². The number of aromatic nitrogens is 2. The monoisotopic (exact) mass is 235 g/mol. The number of nitrogens with zero attached hydrogens (tertiary/aromatic N) is 2. The molecule has 0 saturated carbocycles. The van der Waals surface area contributed by atoms with Gasteiger partial charge in [-0.05, 0) is 24.3 Å². The highest BCUT2D eigenvalue weighted by Gasteiger charge is 2.04. The molecule has 2 rings (SSSR count). The molecule has 85 valence electrons. The molecule has 2 aromatic rings. The minimum absolute atomic E-state index is 0.0291. The molecule has 1 radical (unpaired) electrons. The molecule has 0 saturated heterocycles. The van der Waals surface area contributed by atoms with Gasteiger partial charge in [-0.3, -0.25) is 0 Å². The van der Waals surface area contributed by atoms with Crippen LogP contribution in [0.5, 0.6) is 11.8 Å². The summed E-state index contributed by atoms with van der Waals surface area (Å²) in [5.74, 6) is -1.28. The molecule has 0 aliphatic rings. The summed E-state index contributed by atoms with van der Waals surface area (Å²) in [6.45, 7) is 0. The summed E-state index contributed by atoms with van der Waals surface area (Å²) in [5.41, 5.74) is 0. The van der Waals surface area contributed by atoms with Gasteiger partial charge in [0, 0.05) is 0 Å². The van der Waals surface area contributed by atoms with Crippen molar-refractivity contribution in [2.45, 2.75) is 0 Å². The quantitative estimate of drug-likeness (QED) is 0.598. The van der Waals surface area contributed by atoms with Crippen LogP contribution in [-0.4, -0.2) is 17.7 Å². The highest BCUT2D eigenvalue weighted by Crippen LogP contribution is 2.08. The molecule has 0 N–H and O–H groups in total. The van der Waals surface area contributed by atoms with E-state index in [9.17, 15) is 8.78 Å². The van der Waals surface area contributed by atoms with Crippen molar-refractivity contribution in [3.8, 4) is 11.8 Å². The minimum Gasteiger partial charge on any atom is -0.512 e. The summed E-state index contributed by atoms with van der Waals surface area (Å²) in [5, 5.41) is 0. The first-order valence-electron chi connectivity index (χ1n) is 4.64. The average molecular weight is 235 g/mol. The van der Waals surface area contributed by atoms with E-state index in [0.717, 1.165) is 7.69 Å². The molecule has 0 aliphatic heterocycles. The Balaban J connectivity index is 1.87. The maximum atomic E-state index is 12.7. The highest BCUT2D eigenvalue weighted by molar-refractivity contribution is 6.20. The third-order valence-corrected chi connectivity index (χ3v) is 1.72. The smallest absolute Gasteiger partial charge is 0.512 e. The molecule has 0 spiro atoms. The SMILES string of the molecule is Fc1cccc(O[B]Oc2cccc(F)n2)n1. The molecule has 7 heteroatoms. The van der Waals surface area contributed by atoms with E-state index in [4.69, 9.17) is 9.31 Å². The summed E-state index contributed by atoms with van der Waals surface area (Å²) in [7, 11) is 0.892. The largest absolute Gasteiger partial charge is 0.660 e. The zero-order chi connectivity index (χ0) is 12.1. The summed E-state index contributed by atoms with van der Waals surface area (Å²) in [6, 6.07) is 8.13. The summed E-state index contributed by atoms with van der Waals surface area (Å²) in [6.07, 6.45) is 0. The third-order valence-electron chi connectivity index (χ3n) is 1.72. The second kappa shape index (κ2) is 5.24. The van der Waals surface area contributed by atoms with Crippen LogP contribution in [0, 0.1) is 11.9 Å². The normalized spacial score (nSPS) is 9.76. The number of hydrogen-bond acceptors (Lipinski definition) is 4. The molecule has 0 fully saturated rings. The van der Waals surface area contributed by atoms with E-state index in [1.165, 1.54) is 36.4 Å². The molecule has 17 heavy (non-hydrogen) atoms. The van der Waals surface area contributed by atoms with Crippen molar-refractivity contribution in [1.29, 1.82) is 0 Å². The maximum absolute atomic E-state index is 12.7. The first-order valence-corrected chi connectivity index (χ1v) is 4.64. The molecular formula is C10H6BF2N2O2.